The minimum absolute atomic E-state index is 0.199. The number of rotatable bonds is 6. The van der Waals surface area contributed by atoms with Crippen LogP contribution in [0.5, 0.6) is 0 Å². The summed E-state index contributed by atoms with van der Waals surface area (Å²) in [7, 11) is 1.62. The zero-order chi connectivity index (χ0) is 18.0. The highest BCUT2D eigenvalue weighted by molar-refractivity contribution is 6.01. The number of fused-ring (bicyclic) bond motifs is 1. The molecular formula is C18H22N4O3. The number of nitrogens with zero attached hydrogens (tertiary/aromatic N) is 2. The third-order valence-corrected chi connectivity index (χ3v) is 4.17. The predicted molar refractivity (Wildman–Crippen MR) is 93.5 cm³/mol. The Morgan fingerprint density at radius 2 is 2.20 bits per heavy atom. The summed E-state index contributed by atoms with van der Waals surface area (Å²) in [5.74, 6) is 0.745. The number of hydrogen-bond acceptors (Lipinski definition) is 5. The van der Waals surface area contributed by atoms with Gasteiger partial charge in [0.1, 0.15) is 11.7 Å². The van der Waals surface area contributed by atoms with Crippen LogP contribution < -0.4 is 5.32 Å². The van der Waals surface area contributed by atoms with E-state index in [0.717, 1.165) is 22.0 Å². The minimum atomic E-state index is -0.385. The van der Waals surface area contributed by atoms with Crippen LogP contribution in [0.1, 0.15) is 46.3 Å². The second kappa shape index (κ2) is 7.06. The lowest BCUT2D eigenvalue weighted by Crippen LogP contribution is -2.27. The zero-order valence-electron chi connectivity index (χ0n) is 14.8. The summed E-state index contributed by atoms with van der Waals surface area (Å²) >= 11 is 0. The fraction of sp³-hybridized carbons (Fsp3) is 0.389. The summed E-state index contributed by atoms with van der Waals surface area (Å²) < 4.78 is 10.2. The number of amides is 1. The molecule has 0 saturated carbocycles. The van der Waals surface area contributed by atoms with Gasteiger partial charge in [0.25, 0.3) is 5.91 Å². The maximum Gasteiger partial charge on any atom is 0.268 e. The lowest BCUT2D eigenvalue weighted by molar-refractivity contribution is 0.0927. The van der Waals surface area contributed by atoms with Crippen LogP contribution in [0.15, 0.2) is 22.7 Å². The maximum atomic E-state index is 12.6. The molecule has 3 aromatic rings. The molecular weight excluding hydrogens is 320 g/mol. The Hall–Kier alpha value is -2.67. The summed E-state index contributed by atoms with van der Waals surface area (Å²) in [6.07, 6.45) is 0.571. The Balaban J connectivity index is 1.75. The molecule has 1 atom stereocenters. The molecule has 132 valence electrons. The van der Waals surface area contributed by atoms with Crippen LogP contribution >= 0.6 is 0 Å². The maximum absolute atomic E-state index is 12.6. The number of carbonyl (C=O) groups is 1. The van der Waals surface area contributed by atoms with E-state index >= 15 is 0 Å². The Labute approximate surface area is 145 Å². The Bertz CT molecular complexity index is 897. The highest BCUT2D eigenvalue weighted by Gasteiger charge is 2.20. The van der Waals surface area contributed by atoms with Crippen molar-refractivity contribution in [1.82, 2.24) is 20.4 Å². The highest BCUT2D eigenvalue weighted by atomic mass is 16.5. The minimum Gasteiger partial charge on any atom is -0.384 e. The summed E-state index contributed by atoms with van der Waals surface area (Å²) in [5.41, 5.74) is 3.58. The monoisotopic (exact) mass is 342 g/mol. The van der Waals surface area contributed by atoms with Crippen molar-refractivity contribution in [3.05, 3.63) is 46.7 Å². The van der Waals surface area contributed by atoms with Crippen LogP contribution in [0, 0.1) is 13.8 Å². The number of aromatic amines is 1. The number of aromatic nitrogens is 3. The standard InChI is InChI=1S/C18H22N4O3/c1-10-5-6-14-13(9-10)11(2)16(20-14)17(23)19-12(3)18-21-15(22-25-18)7-8-24-4/h5-6,9,12,20H,7-8H2,1-4H3,(H,19,23)/t12-/m0/s1. The molecule has 7 nitrogen and oxygen atoms in total. The van der Waals surface area contributed by atoms with E-state index in [9.17, 15) is 4.79 Å². The van der Waals surface area contributed by atoms with Gasteiger partial charge in [-0.05, 0) is 38.5 Å². The molecule has 0 bridgehead atoms. The van der Waals surface area contributed by atoms with E-state index in [0.29, 0.717) is 30.4 Å². The first kappa shape index (κ1) is 17.2. The number of methoxy groups -OCH3 is 1. The second-order valence-electron chi connectivity index (χ2n) is 6.16. The third-order valence-electron chi connectivity index (χ3n) is 4.17. The van der Waals surface area contributed by atoms with Crippen molar-refractivity contribution in [3.8, 4) is 0 Å². The van der Waals surface area contributed by atoms with Gasteiger partial charge in [0.2, 0.25) is 5.89 Å². The van der Waals surface area contributed by atoms with Gasteiger partial charge in [0.15, 0.2) is 5.82 Å². The van der Waals surface area contributed by atoms with Crippen LogP contribution in [-0.2, 0) is 11.2 Å². The highest BCUT2D eigenvalue weighted by Crippen LogP contribution is 2.23. The molecule has 0 spiro atoms. The van der Waals surface area contributed by atoms with E-state index in [4.69, 9.17) is 9.26 Å². The third kappa shape index (κ3) is 3.56. The first-order valence-electron chi connectivity index (χ1n) is 8.20. The fourth-order valence-corrected chi connectivity index (χ4v) is 2.74. The topological polar surface area (TPSA) is 93.0 Å². The summed E-state index contributed by atoms with van der Waals surface area (Å²) in [6.45, 7) is 6.30. The molecule has 0 saturated heterocycles. The van der Waals surface area contributed by atoms with Crippen LogP contribution in [-0.4, -0.2) is 34.7 Å². The summed E-state index contributed by atoms with van der Waals surface area (Å²) in [6, 6.07) is 5.69. The molecule has 0 aliphatic rings. The van der Waals surface area contributed by atoms with Crippen molar-refractivity contribution in [2.45, 2.75) is 33.2 Å². The van der Waals surface area contributed by atoms with Crippen molar-refractivity contribution in [3.63, 3.8) is 0 Å². The summed E-state index contributed by atoms with van der Waals surface area (Å²) in [4.78, 5) is 20.1. The Morgan fingerprint density at radius 3 is 2.96 bits per heavy atom. The lowest BCUT2D eigenvalue weighted by Gasteiger charge is -2.09. The average molecular weight is 342 g/mol. The van der Waals surface area contributed by atoms with Gasteiger partial charge in [-0.3, -0.25) is 4.79 Å². The molecule has 0 unspecified atom stereocenters. The molecule has 0 fully saturated rings. The van der Waals surface area contributed by atoms with E-state index < -0.39 is 0 Å². The van der Waals surface area contributed by atoms with Gasteiger partial charge in [-0.15, -0.1) is 0 Å². The first-order valence-corrected chi connectivity index (χ1v) is 8.20. The SMILES string of the molecule is COCCc1noc([C@H](C)NC(=O)c2[nH]c3ccc(C)cc3c2C)n1. The smallest absolute Gasteiger partial charge is 0.268 e. The average Bonchev–Trinajstić information content (AvgIpc) is 3.18. The number of nitrogens with one attached hydrogen (secondary N) is 2. The molecule has 1 aromatic carbocycles. The van der Waals surface area contributed by atoms with Gasteiger partial charge in [-0.2, -0.15) is 4.98 Å². The molecule has 1 amide bonds. The van der Waals surface area contributed by atoms with Gasteiger partial charge in [0, 0.05) is 24.4 Å². The van der Waals surface area contributed by atoms with E-state index in [-0.39, 0.29) is 11.9 Å². The van der Waals surface area contributed by atoms with E-state index in [2.05, 4.69) is 26.5 Å². The second-order valence-corrected chi connectivity index (χ2v) is 6.16. The number of ether oxygens (including phenoxy) is 1. The number of H-pyrrole nitrogens is 1. The molecule has 3 rings (SSSR count). The van der Waals surface area contributed by atoms with Crippen molar-refractivity contribution in [2.24, 2.45) is 0 Å². The number of carbonyl (C=O) groups excluding carboxylic acids is 1. The Morgan fingerprint density at radius 1 is 1.40 bits per heavy atom. The van der Waals surface area contributed by atoms with Crippen molar-refractivity contribution in [1.29, 1.82) is 0 Å². The van der Waals surface area contributed by atoms with Crippen LogP contribution in [0.2, 0.25) is 0 Å². The first-order chi connectivity index (χ1) is 12.0. The van der Waals surface area contributed by atoms with Gasteiger partial charge in [-0.25, -0.2) is 0 Å². The van der Waals surface area contributed by atoms with Crippen molar-refractivity contribution in [2.75, 3.05) is 13.7 Å². The molecule has 25 heavy (non-hydrogen) atoms. The molecule has 0 aliphatic heterocycles. The molecule has 2 N–H and O–H groups in total. The van der Waals surface area contributed by atoms with E-state index in [1.807, 2.05) is 32.9 Å². The zero-order valence-corrected chi connectivity index (χ0v) is 14.8. The van der Waals surface area contributed by atoms with Crippen LogP contribution in [0.3, 0.4) is 0 Å². The fourth-order valence-electron chi connectivity index (χ4n) is 2.74. The molecule has 2 heterocycles. The molecule has 7 heteroatoms. The largest absolute Gasteiger partial charge is 0.384 e. The van der Waals surface area contributed by atoms with Gasteiger partial charge >= 0.3 is 0 Å². The number of benzene rings is 1. The van der Waals surface area contributed by atoms with E-state index in [1.54, 1.807) is 7.11 Å². The predicted octanol–water partition coefficient (Wildman–Crippen LogP) is 2.85. The number of aryl methyl sites for hydroxylation is 2. The van der Waals surface area contributed by atoms with Gasteiger partial charge in [-0.1, -0.05) is 16.8 Å². The van der Waals surface area contributed by atoms with Crippen molar-refractivity contribution >= 4 is 16.8 Å². The van der Waals surface area contributed by atoms with Gasteiger partial charge < -0.3 is 19.6 Å². The van der Waals surface area contributed by atoms with Crippen LogP contribution in [0.4, 0.5) is 0 Å². The van der Waals surface area contributed by atoms with E-state index in [1.165, 1.54) is 0 Å². The Kier molecular flexibility index (Phi) is 4.85. The van der Waals surface area contributed by atoms with Crippen LogP contribution in [0.25, 0.3) is 10.9 Å². The molecule has 0 aliphatic carbocycles. The molecule has 0 radical (unpaired) electrons. The molecule has 2 aromatic heterocycles. The van der Waals surface area contributed by atoms with Gasteiger partial charge in [0.05, 0.1) is 6.61 Å². The number of hydrogen-bond donors (Lipinski definition) is 2. The summed E-state index contributed by atoms with van der Waals surface area (Å²) in [5, 5.41) is 7.85. The van der Waals surface area contributed by atoms with Crippen molar-refractivity contribution < 1.29 is 14.1 Å². The quantitative estimate of drug-likeness (QED) is 0.718. The lowest BCUT2D eigenvalue weighted by atomic mass is 10.1. The normalized spacial score (nSPS) is 12.5.